The summed E-state index contributed by atoms with van der Waals surface area (Å²) in [6.45, 7) is 4.45. The average molecular weight is 366 g/mol. The fourth-order valence-electron chi connectivity index (χ4n) is 2.64. The molecule has 0 saturated carbocycles. The zero-order valence-electron chi connectivity index (χ0n) is 14.7. The van der Waals surface area contributed by atoms with Gasteiger partial charge in [0, 0.05) is 23.5 Å². The Kier molecular flexibility index (Phi) is 5.54. The zero-order valence-corrected chi connectivity index (χ0v) is 15.5. The predicted octanol–water partition coefficient (Wildman–Crippen LogP) is 5.03. The number of aromatic nitrogens is 1. The van der Waals surface area contributed by atoms with Crippen molar-refractivity contribution in [2.24, 2.45) is 0 Å². The topological polar surface area (TPSA) is 54.0 Å². The first kappa shape index (κ1) is 18.0. The Morgan fingerprint density at radius 1 is 1.08 bits per heavy atom. The fraction of sp³-hybridized carbons (Fsp3) is 0.143. The van der Waals surface area contributed by atoms with Gasteiger partial charge in [0.15, 0.2) is 0 Å². The predicted molar refractivity (Wildman–Crippen MR) is 106 cm³/mol. The van der Waals surface area contributed by atoms with Crippen molar-refractivity contribution in [1.82, 2.24) is 10.3 Å². The molecule has 0 atom stereocenters. The number of aryl methyl sites for hydroxylation is 1. The van der Waals surface area contributed by atoms with Crippen LogP contribution in [0.15, 0.2) is 60.9 Å². The number of carbonyl (C=O) groups excluding carboxylic acids is 1. The third-order valence-electron chi connectivity index (χ3n) is 4.08. The summed E-state index contributed by atoms with van der Waals surface area (Å²) in [4.78, 5) is 16.6. The molecule has 0 unspecified atom stereocenters. The highest BCUT2D eigenvalue weighted by Crippen LogP contribution is 2.26. The number of nitrogens with one attached hydrogen (secondary N) is 2. The molecule has 3 rings (SSSR count). The maximum Gasteiger partial charge on any atom is 0.253 e. The number of pyridine rings is 1. The lowest BCUT2D eigenvalue weighted by molar-refractivity contribution is 0.0950. The maximum atomic E-state index is 12.4. The first-order chi connectivity index (χ1) is 12.5. The van der Waals surface area contributed by atoms with Crippen molar-refractivity contribution < 1.29 is 4.79 Å². The lowest BCUT2D eigenvalue weighted by Gasteiger charge is -2.11. The van der Waals surface area contributed by atoms with E-state index in [1.54, 1.807) is 18.5 Å². The highest BCUT2D eigenvalue weighted by Gasteiger charge is 2.08. The number of carbonyl (C=O) groups is 1. The Balaban J connectivity index is 1.70. The summed E-state index contributed by atoms with van der Waals surface area (Å²) in [5, 5.41) is 6.88. The van der Waals surface area contributed by atoms with Crippen LogP contribution in [0, 0.1) is 13.8 Å². The summed E-state index contributed by atoms with van der Waals surface area (Å²) in [6, 6.07) is 15.5. The monoisotopic (exact) mass is 365 g/mol. The molecule has 0 aliphatic rings. The van der Waals surface area contributed by atoms with Gasteiger partial charge in [0.1, 0.15) is 0 Å². The normalized spacial score (nSPS) is 10.4. The number of anilines is 2. The Hall–Kier alpha value is -2.85. The number of rotatable bonds is 5. The summed E-state index contributed by atoms with van der Waals surface area (Å²) in [6.07, 6.45) is 3.24. The molecule has 1 amide bonds. The standard InChI is InChI=1S/C21H20ClN3O/c1-14-5-3-6-16(9-14)11-24-21(26)17-10-18(13-23-12-17)25-20-8-4-7-19(22)15(20)2/h3-10,12-13,25H,11H2,1-2H3,(H,24,26). The minimum Gasteiger partial charge on any atom is -0.354 e. The molecule has 1 aromatic heterocycles. The van der Waals surface area contributed by atoms with E-state index < -0.39 is 0 Å². The minimum atomic E-state index is -0.162. The third-order valence-corrected chi connectivity index (χ3v) is 4.49. The van der Waals surface area contributed by atoms with Crippen LogP contribution in [0.1, 0.15) is 27.0 Å². The van der Waals surface area contributed by atoms with Crippen molar-refractivity contribution in [3.63, 3.8) is 0 Å². The van der Waals surface area contributed by atoms with Crippen LogP contribution in [0.4, 0.5) is 11.4 Å². The van der Waals surface area contributed by atoms with E-state index in [9.17, 15) is 4.79 Å². The largest absolute Gasteiger partial charge is 0.354 e. The van der Waals surface area contributed by atoms with E-state index in [-0.39, 0.29) is 5.91 Å². The van der Waals surface area contributed by atoms with E-state index in [4.69, 9.17) is 11.6 Å². The van der Waals surface area contributed by atoms with Crippen LogP contribution < -0.4 is 10.6 Å². The second-order valence-corrected chi connectivity index (χ2v) is 6.58. The molecule has 5 heteroatoms. The van der Waals surface area contributed by atoms with Crippen LogP contribution in [-0.2, 0) is 6.54 Å². The smallest absolute Gasteiger partial charge is 0.253 e. The van der Waals surface area contributed by atoms with Crippen molar-refractivity contribution >= 4 is 28.9 Å². The van der Waals surface area contributed by atoms with Crippen molar-refractivity contribution in [3.8, 4) is 0 Å². The minimum absolute atomic E-state index is 0.162. The van der Waals surface area contributed by atoms with E-state index in [1.165, 1.54) is 5.56 Å². The van der Waals surface area contributed by atoms with Gasteiger partial charge in [-0.05, 0) is 43.2 Å². The van der Waals surface area contributed by atoms with Gasteiger partial charge in [0.05, 0.1) is 17.4 Å². The van der Waals surface area contributed by atoms with E-state index in [0.29, 0.717) is 17.1 Å². The highest BCUT2D eigenvalue weighted by molar-refractivity contribution is 6.31. The number of nitrogens with zero attached hydrogens (tertiary/aromatic N) is 1. The van der Waals surface area contributed by atoms with Crippen LogP contribution in [-0.4, -0.2) is 10.9 Å². The number of hydrogen-bond donors (Lipinski definition) is 2. The van der Waals surface area contributed by atoms with Crippen LogP contribution in [0.25, 0.3) is 0 Å². The summed E-state index contributed by atoms with van der Waals surface area (Å²) < 4.78 is 0. The van der Waals surface area contributed by atoms with E-state index >= 15 is 0 Å². The van der Waals surface area contributed by atoms with Gasteiger partial charge in [-0.25, -0.2) is 0 Å². The van der Waals surface area contributed by atoms with Crippen molar-refractivity contribution in [1.29, 1.82) is 0 Å². The van der Waals surface area contributed by atoms with Gasteiger partial charge >= 0.3 is 0 Å². The Morgan fingerprint density at radius 2 is 1.88 bits per heavy atom. The average Bonchev–Trinajstić information content (AvgIpc) is 2.64. The summed E-state index contributed by atoms with van der Waals surface area (Å²) in [5.41, 5.74) is 5.30. The molecule has 0 radical (unpaired) electrons. The quantitative estimate of drug-likeness (QED) is 0.667. The molecule has 132 valence electrons. The van der Waals surface area contributed by atoms with E-state index in [0.717, 1.165) is 22.5 Å². The molecule has 0 aliphatic carbocycles. The van der Waals surface area contributed by atoms with E-state index in [1.807, 2.05) is 50.2 Å². The van der Waals surface area contributed by atoms with Crippen LogP contribution in [0.2, 0.25) is 5.02 Å². The lowest BCUT2D eigenvalue weighted by atomic mass is 10.1. The summed E-state index contributed by atoms with van der Waals surface area (Å²) in [7, 11) is 0. The van der Waals surface area contributed by atoms with Crippen molar-refractivity contribution in [2.75, 3.05) is 5.32 Å². The Bertz CT molecular complexity index is 940. The van der Waals surface area contributed by atoms with Crippen molar-refractivity contribution in [2.45, 2.75) is 20.4 Å². The zero-order chi connectivity index (χ0) is 18.5. The van der Waals surface area contributed by atoms with E-state index in [2.05, 4.69) is 21.7 Å². The SMILES string of the molecule is Cc1cccc(CNC(=O)c2cncc(Nc3cccc(Cl)c3C)c2)c1. The van der Waals surface area contributed by atoms with Gasteiger partial charge in [0.25, 0.3) is 5.91 Å². The highest BCUT2D eigenvalue weighted by atomic mass is 35.5. The first-order valence-electron chi connectivity index (χ1n) is 8.34. The van der Waals surface area contributed by atoms with Crippen LogP contribution >= 0.6 is 11.6 Å². The molecule has 2 aromatic carbocycles. The molecule has 3 aromatic rings. The van der Waals surface area contributed by atoms with Crippen LogP contribution in [0.3, 0.4) is 0 Å². The lowest BCUT2D eigenvalue weighted by Crippen LogP contribution is -2.23. The molecule has 0 aliphatic heterocycles. The fourth-order valence-corrected chi connectivity index (χ4v) is 2.81. The van der Waals surface area contributed by atoms with Gasteiger partial charge in [-0.3, -0.25) is 9.78 Å². The molecule has 1 heterocycles. The van der Waals surface area contributed by atoms with Gasteiger partial charge in [-0.1, -0.05) is 47.5 Å². The second-order valence-electron chi connectivity index (χ2n) is 6.17. The number of hydrogen-bond acceptors (Lipinski definition) is 3. The van der Waals surface area contributed by atoms with Crippen LogP contribution in [0.5, 0.6) is 0 Å². The molecule has 4 nitrogen and oxygen atoms in total. The summed E-state index contributed by atoms with van der Waals surface area (Å²) >= 11 is 6.15. The second kappa shape index (κ2) is 8.02. The third kappa shape index (κ3) is 4.41. The number of amides is 1. The maximum absolute atomic E-state index is 12.4. The molecule has 26 heavy (non-hydrogen) atoms. The Labute approximate surface area is 158 Å². The number of halogens is 1. The molecular weight excluding hydrogens is 346 g/mol. The van der Waals surface area contributed by atoms with Crippen molar-refractivity contribution in [3.05, 3.63) is 88.2 Å². The first-order valence-corrected chi connectivity index (χ1v) is 8.71. The van der Waals surface area contributed by atoms with Gasteiger partial charge < -0.3 is 10.6 Å². The summed E-state index contributed by atoms with van der Waals surface area (Å²) in [5.74, 6) is -0.162. The molecule has 2 N–H and O–H groups in total. The molecule has 0 bridgehead atoms. The van der Waals surface area contributed by atoms with Gasteiger partial charge in [0.2, 0.25) is 0 Å². The van der Waals surface area contributed by atoms with Gasteiger partial charge in [-0.15, -0.1) is 0 Å². The number of benzene rings is 2. The molecule has 0 spiro atoms. The molecule has 0 fully saturated rings. The molecular formula is C21H20ClN3O. The van der Waals surface area contributed by atoms with Gasteiger partial charge in [-0.2, -0.15) is 0 Å². The Morgan fingerprint density at radius 3 is 2.69 bits per heavy atom. The molecule has 0 saturated heterocycles.